The molecule has 0 saturated heterocycles. The first-order valence-corrected chi connectivity index (χ1v) is 8.95. The molecule has 0 aliphatic heterocycles. The van der Waals surface area contributed by atoms with Crippen molar-refractivity contribution in [1.29, 1.82) is 0 Å². The van der Waals surface area contributed by atoms with Gasteiger partial charge in [0.25, 0.3) is 0 Å². The average molecular weight is 565 g/mol. The molecular weight excluding hydrogens is 549 g/mol. The summed E-state index contributed by atoms with van der Waals surface area (Å²) in [5, 5.41) is 0. The van der Waals surface area contributed by atoms with Gasteiger partial charge in [0.2, 0.25) is 0 Å². The van der Waals surface area contributed by atoms with Crippen molar-refractivity contribution in [3.05, 3.63) is 108 Å². The Hall–Kier alpha value is -2.71. The van der Waals surface area contributed by atoms with Crippen LogP contribution in [0, 0.1) is 23.8 Å². The van der Waals surface area contributed by atoms with E-state index in [1.165, 1.54) is 0 Å². The van der Waals surface area contributed by atoms with Gasteiger partial charge in [-0.1, -0.05) is 41.5 Å². The Kier molecular flexibility index (Phi) is 7.00. The molecule has 2 aromatic carbocycles. The second-order valence-electron chi connectivity index (χ2n) is 6.33. The third-order valence-corrected chi connectivity index (χ3v) is 4.39. The molecule has 0 saturated carbocycles. The first-order chi connectivity index (χ1) is 13.7. The van der Waals surface area contributed by atoms with Crippen LogP contribution in [-0.2, 0) is 33.9 Å². The number of rotatable bonds is 5. The van der Waals surface area contributed by atoms with E-state index in [0.717, 1.165) is 23.7 Å². The van der Waals surface area contributed by atoms with Crippen molar-refractivity contribution in [2.24, 2.45) is 0 Å². The molecule has 0 aliphatic carbocycles. The van der Waals surface area contributed by atoms with Crippen molar-refractivity contribution in [2.45, 2.75) is 12.8 Å². The fourth-order valence-electron chi connectivity index (χ4n) is 2.99. The summed E-state index contributed by atoms with van der Waals surface area (Å²) in [4.78, 5) is 8.69. The minimum atomic E-state index is -0.698. The van der Waals surface area contributed by atoms with E-state index in [1.54, 1.807) is 30.5 Å². The summed E-state index contributed by atoms with van der Waals surface area (Å²) in [5.74, 6) is -1.39. The number of nitrogens with zero attached hydrogens (tertiary/aromatic N) is 2. The van der Waals surface area contributed by atoms with Crippen LogP contribution in [0.2, 0.25) is 0 Å². The molecule has 4 rings (SSSR count). The zero-order valence-electron chi connectivity index (χ0n) is 15.3. The maximum Gasteiger partial charge on any atom is 2.00 e. The zero-order valence-corrected chi connectivity index (χ0v) is 17.6. The Labute approximate surface area is 182 Å². The number of hydrogen-bond acceptors (Lipinski definition) is 2. The minimum absolute atomic E-state index is 0. The molecule has 0 atom stereocenters. The average Bonchev–Trinajstić information content (AvgIpc) is 2.74. The van der Waals surface area contributed by atoms with E-state index in [-0.39, 0.29) is 32.2 Å². The second-order valence-corrected chi connectivity index (χ2v) is 6.33. The van der Waals surface area contributed by atoms with Crippen molar-refractivity contribution in [1.82, 2.24) is 9.97 Å². The Morgan fingerprint density at radius 2 is 1.55 bits per heavy atom. The summed E-state index contributed by atoms with van der Waals surface area (Å²) in [6, 6.07) is 25.2. The van der Waals surface area contributed by atoms with Crippen LogP contribution >= 0.6 is 0 Å². The van der Waals surface area contributed by atoms with Crippen LogP contribution in [0.3, 0.4) is 0 Å². The number of hydrogen-bond donors (Lipinski definition) is 0. The van der Waals surface area contributed by atoms with Gasteiger partial charge in [0, 0.05) is 23.3 Å². The van der Waals surface area contributed by atoms with E-state index in [9.17, 15) is 8.78 Å². The quantitative estimate of drug-likeness (QED) is 0.300. The Bertz CT molecular complexity index is 1090. The molecule has 0 unspecified atom stereocenters. The van der Waals surface area contributed by atoms with Gasteiger partial charge >= 0.3 is 21.1 Å². The molecular formula is C24H16F2N2Pt. The van der Waals surface area contributed by atoms with E-state index in [2.05, 4.69) is 22.1 Å². The number of aryl methyl sites for hydroxylation is 2. The van der Waals surface area contributed by atoms with E-state index < -0.39 is 11.6 Å². The summed E-state index contributed by atoms with van der Waals surface area (Å²) in [6.07, 6.45) is 3.04. The maximum atomic E-state index is 14.5. The number of aromatic nitrogens is 2. The third kappa shape index (κ3) is 5.02. The summed E-state index contributed by atoms with van der Waals surface area (Å²) < 4.78 is 28.8. The molecule has 0 spiro atoms. The first-order valence-electron chi connectivity index (χ1n) is 8.95. The number of halogens is 2. The molecule has 0 amide bonds. The van der Waals surface area contributed by atoms with E-state index >= 15 is 0 Å². The van der Waals surface area contributed by atoms with Crippen LogP contribution in [0.15, 0.2) is 72.9 Å². The molecule has 0 fully saturated rings. The minimum Gasteiger partial charge on any atom is -0.295 e. The van der Waals surface area contributed by atoms with Crippen LogP contribution in [-0.4, -0.2) is 9.97 Å². The van der Waals surface area contributed by atoms with Gasteiger partial charge in [0.1, 0.15) is 0 Å². The SMILES string of the molecule is Fc1cc(F)c(-c2cccc(CCc3[c-]cccc3)n2)[c-]c1-c1ccccn1.[Pt+2]. The third-order valence-electron chi connectivity index (χ3n) is 4.39. The molecule has 5 heteroatoms. The second kappa shape index (κ2) is 9.66. The summed E-state index contributed by atoms with van der Waals surface area (Å²) in [7, 11) is 0. The van der Waals surface area contributed by atoms with Crippen molar-refractivity contribution in [3.63, 3.8) is 0 Å². The van der Waals surface area contributed by atoms with Crippen LogP contribution < -0.4 is 0 Å². The smallest absolute Gasteiger partial charge is 0.295 e. The molecule has 0 aliphatic rings. The molecule has 2 aromatic heterocycles. The van der Waals surface area contributed by atoms with Crippen molar-refractivity contribution < 1.29 is 29.8 Å². The van der Waals surface area contributed by atoms with Gasteiger partial charge in [-0.25, -0.2) is 0 Å². The predicted octanol–water partition coefficient (Wildman–Crippen LogP) is 5.47. The van der Waals surface area contributed by atoms with Crippen LogP contribution in [0.5, 0.6) is 0 Å². The van der Waals surface area contributed by atoms with Gasteiger partial charge < -0.3 is 0 Å². The van der Waals surface area contributed by atoms with Gasteiger partial charge in [-0.3, -0.25) is 18.7 Å². The standard InChI is InChI=1S/C24H16F2N2.Pt/c25-21-16-22(26)20(15-19(21)23-10-4-5-14-27-23)24-11-6-9-18(28-24)13-12-17-7-2-1-3-8-17;/h1-7,9-11,14,16H,12-13H2;/q-2;+2. The summed E-state index contributed by atoms with van der Waals surface area (Å²) >= 11 is 0. The Morgan fingerprint density at radius 1 is 0.793 bits per heavy atom. The van der Waals surface area contributed by atoms with Gasteiger partial charge in [-0.15, -0.1) is 6.07 Å². The Balaban J connectivity index is 0.00000240. The number of pyridine rings is 2. The van der Waals surface area contributed by atoms with E-state index in [4.69, 9.17) is 0 Å². The molecule has 0 N–H and O–H groups in total. The van der Waals surface area contributed by atoms with Crippen LogP contribution in [0.1, 0.15) is 11.3 Å². The number of benzene rings is 2. The summed E-state index contributed by atoms with van der Waals surface area (Å²) in [5.41, 5.74) is 3.00. The van der Waals surface area contributed by atoms with Gasteiger partial charge in [0.05, 0.1) is 11.6 Å². The fourth-order valence-corrected chi connectivity index (χ4v) is 2.99. The van der Waals surface area contributed by atoms with Gasteiger partial charge in [-0.05, 0) is 25.0 Å². The van der Waals surface area contributed by atoms with Crippen LogP contribution in [0.25, 0.3) is 22.5 Å². The van der Waals surface area contributed by atoms with Crippen molar-refractivity contribution >= 4 is 0 Å². The van der Waals surface area contributed by atoms with E-state index in [0.29, 0.717) is 17.8 Å². The topological polar surface area (TPSA) is 25.8 Å². The van der Waals surface area contributed by atoms with Crippen LogP contribution in [0.4, 0.5) is 8.78 Å². The zero-order chi connectivity index (χ0) is 19.3. The molecule has 4 aromatic rings. The molecule has 29 heavy (non-hydrogen) atoms. The maximum absolute atomic E-state index is 14.5. The summed E-state index contributed by atoms with van der Waals surface area (Å²) in [6.45, 7) is 0. The fraction of sp³-hybridized carbons (Fsp3) is 0.0833. The Morgan fingerprint density at radius 3 is 2.28 bits per heavy atom. The first kappa shape index (κ1) is 21.0. The van der Waals surface area contributed by atoms with Gasteiger partial charge in [-0.2, -0.15) is 35.9 Å². The predicted molar refractivity (Wildman–Crippen MR) is 104 cm³/mol. The monoisotopic (exact) mass is 565 g/mol. The molecule has 2 nitrogen and oxygen atoms in total. The molecule has 146 valence electrons. The van der Waals surface area contributed by atoms with Crippen molar-refractivity contribution in [2.75, 3.05) is 0 Å². The normalized spacial score (nSPS) is 10.4. The van der Waals surface area contributed by atoms with E-state index in [1.807, 2.05) is 36.4 Å². The largest absolute Gasteiger partial charge is 2.00 e. The molecule has 0 radical (unpaired) electrons. The molecule has 0 bridgehead atoms. The molecule has 2 heterocycles. The van der Waals surface area contributed by atoms with Crippen molar-refractivity contribution in [3.8, 4) is 22.5 Å². The van der Waals surface area contributed by atoms with Gasteiger partial charge in [0.15, 0.2) is 0 Å².